The number of amides is 1. The van der Waals surface area contributed by atoms with Crippen molar-refractivity contribution < 1.29 is 28.6 Å². The molecule has 2 aromatic rings. The molecule has 6 nitrogen and oxygen atoms in total. The third-order valence-corrected chi connectivity index (χ3v) is 3.74. The molecule has 7 heteroatoms. The smallest absolute Gasteiger partial charge is 0.341 e. The number of hydrogen-bond acceptors (Lipinski definition) is 4. The molecule has 1 amide bonds. The molecule has 144 valence electrons. The van der Waals surface area contributed by atoms with Crippen molar-refractivity contribution in [1.82, 2.24) is 5.32 Å². The van der Waals surface area contributed by atoms with Crippen LogP contribution < -0.4 is 14.8 Å². The van der Waals surface area contributed by atoms with Gasteiger partial charge in [0, 0.05) is 11.6 Å². The van der Waals surface area contributed by atoms with Crippen LogP contribution in [0.3, 0.4) is 0 Å². The first kappa shape index (κ1) is 20.2. The van der Waals surface area contributed by atoms with Crippen molar-refractivity contribution in [1.29, 1.82) is 0 Å². The number of rotatable bonds is 8. The molecule has 0 heterocycles. The number of hydrogen-bond donors (Lipinski definition) is 2. The molecule has 0 fully saturated rings. The van der Waals surface area contributed by atoms with Gasteiger partial charge >= 0.3 is 5.97 Å². The van der Waals surface area contributed by atoms with Gasteiger partial charge in [0.1, 0.15) is 23.9 Å². The number of nitrogens with one attached hydrogen (secondary N) is 1. The third kappa shape index (κ3) is 5.99. The number of carbonyl (C=O) groups is 2. The molecule has 2 N–H and O–H groups in total. The maximum Gasteiger partial charge on any atom is 0.341 e. The second-order valence-electron chi connectivity index (χ2n) is 6.26. The fourth-order valence-electron chi connectivity index (χ4n) is 2.57. The van der Waals surface area contributed by atoms with Gasteiger partial charge in [0.05, 0.1) is 6.04 Å². The van der Waals surface area contributed by atoms with E-state index in [1.54, 1.807) is 45.0 Å². The Hall–Kier alpha value is -3.09. The Balaban J connectivity index is 1.97. The van der Waals surface area contributed by atoms with Gasteiger partial charge in [-0.15, -0.1) is 0 Å². The maximum absolute atomic E-state index is 13.1. The predicted octanol–water partition coefficient (Wildman–Crippen LogP) is 3.10. The summed E-state index contributed by atoms with van der Waals surface area (Å²) in [6, 6.07) is 8.76. The molecule has 1 unspecified atom stereocenters. The Morgan fingerprint density at radius 3 is 2.41 bits per heavy atom. The predicted molar refractivity (Wildman–Crippen MR) is 97.9 cm³/mol. The Morgan fingerprint density at radius 1 is 1.15 bits per heavy atom. The number of halogens is 1. The van der Waals surface area contributed by atoms with Gasteiger partial charge in [-0.2, -0.15) is 0 Å². The van der Waals surface area contributed by atoms with Crippen LogP contribution in [0.15, 0.2) is 36.4 Å². The van der Waals surface area contributed by atoms with E-state index in [0.29, 0.717) is 28.2 Å². The molecule has 2 aromatic carbocycles. The summed E-state index contributed by atoms with van der Waals surface area (Å²) in [7, 11) is 0. The Morgan fingerprint density at radius 2 is 1.81 bits per heavy atom. The molecule has 0 saturated heterocycles. The monoisotopic (exact) mass is 375 g/mol. The van der Waals surface area contributed by atoms with E-state index in [0.717, 1.165) is 0 Å². The molecule has 0 aliphatic carbocycles. The first-order chi connectivity index (χ1) is 12.8. The van der Waals surface area contributed by atoms with Crippen molar-refractivity contribution in [2.24, 2.45) is 0 Å². The zero-order chi connectivity index (χ0) is 20.0. The summed E-state index contributed by atoms with van der Waals surface area (Å²) in [6.45, 7) is 5.02. The summed E-state index contributed by atoms with van der Waals surface area (Å²) in [4.78, 5) is 23.1. The molecule has 0 aliphatic heterocycles. The minimum atomic E-state index is -1.07. The molecule has 1 atom stereocenters. The van der Waals surface area contributed by atoms with Gasteiger partial charge in [0.15, 0.2) is 6.61 Å². The van der Waals surface area contributed by atoms with E-state index in [-0.39, 0.29) is 24.4 Å². The van der Waals surface area contributed by atoms with Crippen molar-refractivity contribution >= 4 is 11.9 Å². The molecule has 27 heavy (non-hydrogen) atoms. The molecule has 0 radical (unpaired) electrons. The molecule has 0 spiro atoms. The summed E-state index contributed by atoms with van der Waals surface area (Å²) in [5, 5.41) is 11.5. The van der Waals surface area contributed by atoms with E-state index in [4.69, 9.17) is 14.6 Å². The Bertz CT molecular complexity index is 814. The quantitative estimate of drug-likeness (QED) is 0.741. The van der Waals surface area contributed by atoms with Crippen LogP contribution in [-0.4, -0.2) is 36.2 Å². The lowest BCUT2D eigenvalue weighted by Gasteiger charge is -2.17. The molecule has 0 bridgehead atoms. The van der Waals surface area contributed by atoms with Crippen molar-refractivity contribution in [2.45, 2.75) is 26.8 Å². The summed E-state index contributed by atoms with van der Waals surface area (Å²) in [5.41, 5.74) is 1.78. The van der Waals surface area contributed by atoms with E-state index in [1.165, 1.54) is 12.1 Å². The zero-order valence-corrected chi connectivity index (χ0v) is 15.4. The highest BCUT2D eigenvalue weighted by Crippen LogP contribution is 2.25. The van der Waals surface area contributed by atoms with Gasteiger partial charge in [0.25, 0.3) is 5.91 Å². The van der Waals surface area contributed by atoms with Crippen molar-refractivity contribution in [3.05, 3.63) is 58.9 Å². The minimum absolute atomic E-state index is 0.187. The molecule has 0 saturated carbocycles. The van der Waals surface area contributed by atoms with Crippen LogP contribution in [0.4, 0.5) is 4.39 Å². The van der Waals surface area contributed by atoms with Crippen LogP contribution in [0.5, 0.6) is 11.5 Å². The third-order valence-electron chi connectivity index (χ3n) is 3.74. The Labute approximate surface area is 156 Å². The van der Waals surface area contributed by atoms with Crippen molar-refractivity contribution in [2.75, 3.05) is 13.2 Å². The van der Waals surface area contributed by atoms with Gasteiger partial charge in [-0.1, -0.05) is 6.07 Å². The molecule has 2 rings (SSSR count). The molecule has 0 aliphatic rings. The Kier molecular flexibility index (Phi) is 6.76. The van der Waals surface area contributed by atoms with E-state index >= 15 is 0 Å². The number of carboxylic acid groups (broad SMARTS) is 1. The van der Waals surface area contributed by atoms with E-state index in [1.807, 2.05) is 0 Å². The average Bonchev–Trinajstić information content (AvgIpc) is 2.59. The lowest BCUT2D eigenvalue weighted by Crippen LogP contribution is -2.36. The highest BCUT2D eigenvalue weighted by Gasteiger charge is 2.15. The number of aliphatic carboxylic acids is 1. The van der Waals surface area contributed by atoms with E-state index < -0.39 is 12.6 Å². The van der Waals surface area contributed by atoms with Gasteiger partial charge < -0.3 is 19.9 Å². The van der Waals surface area contributed by atoms with E-state index in [2.05, 4.69) is 5.32 Å². The standard InChI is InChI=1S/C20H22FNO5/c1-12-7-15(8-13(2)19(12)27-11-18(23)24)20(25)22-14(3)10-26-17-6-4-5-16(21)9-17/h4-9,14H,10-11H2,1-3H3,(H,22,25)(H,23,24). The lowest BCUT2D eigenvalue weighted by atomic mass is 10.0. The van der Waals surface area contributed by atoms with Gasteiger partial charge in [-0.3, -0.25) is 4.79 Å². The van der Waals surface area contributed by atoms with Gasteiger partial charge in [-0.25, -0.2) is 9.18 Å². The van der Waals surface area contributed by atoms with Crippen LogP contribution in [0, 0.1) is 19.7 Å². The zero-order valence-electron chi connectivity index (χ0n) is 15.4. The summed E-state index contributed by atoms with van der Waals surface area (Å²) in [5.74, 6) is -0.899. The molecule has 0 aromatic heterocycles. The molecular formula is C20H22FNO5. The largest absolute Gasteiger partial charge is 0.491 e. The number of aryl methyl sites for hydroxylation is 2. The van der Waals surface area contributed by atoms with E-state index in [9.17, 15) is 14.0 Å². The number of ether oxygens (including phenoxy) is 2. The first-order valence-electron chi connectivity index (χ1n) is 8.41. The average molecular weight is 375 g/mol. The number of carboxylic acids is 1. The summed E-state index contributed by atoms with van der Waals surface area (Å²) < 4.78 is 23.9. The molecular weight excluding hydrogens is 353 g/mol. The van der Waals surface area contributed by atoms with Crippen LogP contribution in [0.1, 0.15) is 28.4 Å². The minimum Gasteiger partial charge on any atom is -0.491 e. The lowest BCUT2D eigenvalue weighted by molar-refractivity contribution is -0.139. The topological polar surface area (TPSA) is 84.9 Å². The van der Waals surface area contributed by atoms with Crippen LogP contribution >= 0.6 is 0 Å². The summed E-state index contributed by atoms with van der Waals surface area (Å²) in [6.07, 6.45) is 0. The van der Waals surface area contributed by atoms with Crippen LogP contribution in [0.2, 0.25) is 0 Å². The number of carbonyl (C=O) groups excluding carboxylic acids is 1. The fourth-order valence-corrected chi connectivity index (χ4v) is 2.57. The second-order valence-corrected chi connectivity index (χ2v) is 6.26. The second kappa shape index (κ2) is 9.02. The van der Waals surface area contributed by atoms with Gasteiger partial charge in [0.2, 0.25) is 0 Å². The maximum atomic E-state index is 13.1. The normalized spacial score (nSPS) is 11.6. The summed E-state index contributed by atoms with van der Waals surface area (Å²) >= 11 is 0. The SMILES string of the molecule is Cc1cc(C(=O)NC(C)COc2cccc(F)c2)cc(C)c1OCC(=O)O. The highest BCUT2D eigenvalue weighted by atomic mass is 19.1. The number of benzene rings is 2. The highest BCUT2D eigenvalue weighted by molar-refractivity contribution is 5.95. The first-order valence-corrected chi connectivity index (χ1v) is 8.41. The van der Waals surface area contributed by atoms with Gasteiger partial charge in [-0.05, 0) is 56.2 Å². The fraction of sp³-hybridized carbons (Fsp3) is 0.300. The van der Waals surface area contributed by atoms with Crippen LogP contribution in [0.25, 0.3) is 0 Å². The van der Waals surface area contributed by atoms with Crippen molar-refractivity contribution in [3.8, 4) is 11.5 Å². The van der Waals surface area contributed by atoms with Crippen molar-refractivity contribution in [3.63, 3.8) is 0 Å². The van der Waals surface area contributed by atoms with Crippen LogP contribution in [-0.2, 0) is 4.79 Å².